The highest BCUT2D eigenvalue weighted by Crippen LogP contribution is 2.56. The smallest absolute Gasteiger partial charge is 0.0679 e. The number of rotatable bonds is 1. The molecule has 18 heavy (non-hydrogen) atoms. The van der Waals surface area contributed by atoms with E-state index in [0.717, 1.165) is 12.8 Å². The van der Waals surface area contributed by atoms with Crippen LogP contribution in [0.1, 0.15) is 53.4 Å². The van der Waals surface area contributed by atoms with Gasteiger partial charge in [-0.25, -0.2) is 0 Å². The molecule has 0 amide bonds. The monoisotopic (exact) mass is 256 g/mol. The van der Waals surface area contributed by atoms with Crippen LogP contribution in [0.25, 0.3) is 0 Å². The Balaban J connectivity index is 2.35. The van der Waals surface area contributed by atoms with Crippen molar-refractivity contribution in [2.24, 2.45) is 23.2 Å². The Morgan fingerprint density at radius 1 is 1.06 bits per heavy atom. The summed E-state index contributed by atoms with van der Waals surface area (Å²) in [5, 5.41) is 31.6. The molecular formula is C15H28O3. The van der Waals surface area contributed by atoms with Crippen LogP contribution >= 0.6 is 0 Å². The third kappa shape index (κ3) is 2.00. The van der Waals surface area contributed by atoms with E-state index in [4.69, 9.17) is 0 Å². The Morgan fingerprint density at radius 3 is 2.22 bits per heavy atom. The molecule has 0 aromatic heterocycles. The summed E-state index contributed by atoms with van der Waals surface area (Å²) in [6.07, 6.45) is 2.16. The summed E-state index contributed by atoms with van der Waals surface area (Å²) in [5.41, 5.74) is -1.20. The first-order valence-corrected chi connectivity index (χ1v) is 7.28. The summed E-state index contributed by atoms with van der Waals surface area (Å²) in [7, 11) is 0. The van der Waals surface area contributed by atoms with Crippen molar-refractivity contribution in [2.45, 2.75) is 71.2 Å². The van der Waals surface area contributed by atoms with Gasteiger partial charge in [-0.1, -0.05) is 20.8 Å². The van der Waals surface area contributed by atoms with Gasteiger partial charge in [0.05, 0.1) is 17.8 Å². The maximum atomic E-state index is 10.7. The van der Waals surface area contributed by atoms with Crippen molar-refractivity contribution in [1.82, 2.24) is 0 Å². The van der Waals surface area contributed by atoms with Gasteiger partial charge in [0.2, 0.25) is 0 Å². The van der Waals surface area contributed by atoms with Crippen LogP contribution < -0.4 is 0 Å². The number of hydrogen-bond acceptors (Lipinski definition) is 3. The van der Waals surface area contributed by atoms with E-state index in [9.17, 15) is 15.3 Å². The number of hydrogen-bond donors (Lipinski definition) is 3. The molecule has 6 unspecified atom stereocenters. The fraction of sp³-hybridized carbons (Fsp3) is 1.00. The average Bonchev–Trinajstić information content (AvgIpc) is 2.23. The van der Waals surface area contributed by atoms with Gasteiger partial charge in [0.1, 0.15) is 0 Å². The van der Waals surface area contributed by atoms with Gasteiger partial charge in [-0.3, -0.25) is 0 Å². The molecular weight excluding hydrogens is 228 g/mol. The van der Waals surface area contributed by atoms with Crippen LogP contribution in [0.5, 0.6) is 0 Å². The van der Waals surface area contributed by atoms with E-state index >= 15 is 0 Å². The van der Waals surface area contributed by atoms with Crippen LogP contribution in [0.4, 0.5) is 0 Å². The van der Waals surface area contributed by atoms with Crippen molar-refractivity contribution in [3.63, 3.8) is 0 Å². The molecule has 0 heterocycles. The number of aliphatic hydroxyl groups is 3. The highest BCUT2D eigenvalue weighted by atomic mass is 16.3. The molecule has 0 aromatic rings. The Morgan fingerprint density at radius 2 is 1.67 bits per heavy atom. The first kappa shape index (κ1) is 14.3. The Hall–Kier alpha value is -0.120. The van der Waals surface area contributed by atoms with Crippen LogP contribution in [0.3, 0.4) is 0 Å². The highest BCUT2D eigenvalue weighted by Gasteiger charge is 2.59. The molecule has 3 N–H and O–H groups in total. The second-order valence-corrected chi connectivity index (χ2v) is 7.33. The maximum absolute atomic E-state index is 10.7. The summed E-state index contributed by atoms with van der Waals surface area (Å²) in [4.78, 5) is 0. The zero-order valence-corrected chi connectivity index (χ0v) is 12.1. The van der Waals surface area contributed by atoms with E-state index in [-0.39, 0.29) is 17.3 Å². The minimum atomic E-state index is -0.860. The molecule has 3 heteroatoms. The summed E-state index contributed by atoms with van der Waals surface area (Å²) in [6.45, 7) is 8.12. The average molecular weight is 256 g/mol. The van der Waals surface area contributed by atoms with Crippen LogP contribution in [0.2, 0.25) is 0 Å². The molecule has 0 bridgehead atoms. The highest BCUT2D eigenvalue weighted by molar-refractivity contribution is 5.08. The predicted molar refractivity (Wildman–Crippen MR) is 71.0 cm³/mol. The van der Waals surface area contributed by atoms with Gasteiger partial charge in [-0.2, -0.15) is 0 Å². The van der Waals surface area contributed by atoms with E-state index in [1.54, 1.807) is 0 Å². The standard InChI is InChI=1S/C15H28O3/c1-9(2)10-5-7-14(3)11(16)6-8-15(4,18)13(14)12(10)17/h9-13,16-18H,5-8H2,1-4H3. The molecule has 0 radical (unpaired) electrons. The lowest BCUT2D eigenvalue weighted by atomic mass is 9.50. The van der Waals surface area contributed by atoms with Crippen molar-refractivity contribution in [3.8, 4) is 0 Å². The summed E-state index contributed by atoms with van der Waals surface area (Å²) < 4.78 is 0. The second kappa shape index (κ2) is 4.46. The zero-order chi connectivity index (χ0) is 13.7. The first-order chi connectivity index (χ1) is 8.20. The summed E-state index contributed by atoms with van der Waals surface area (Å²) >= 11 is 0. The van der Waals surface area contributed by atoms with Gasteiger partial charge < -0.3 is 15.3 Å². The quantitative estimate of drug-likeness (QED) is 0.672. The fourth-order valence-corrected chi connectivity index (χ4v) is 4.54. The molecule has 2 fully saturated rings. The van der Waals surface area contributed by atoms with Crippen LogP contribution in [-0.4, -0.2) is 33.1 Å². The van der Waals surface area contributed by atoms with Gasteiger partial charge in [0, 0.05) is 11.3 Å². The lowest BCUT2D eigenvalue weighted by Crippen LogP contribution is -2.63. The van der Waals surface area contributed by atoms with E-state index in [1.165, 1.54) is 0 Å². The SMILES string of the molecule is CC(C)C1CCC2(C)C(O)CCC(C)(O)C2C1O. The van der Waals surface area contributed by atoms with Crippen molar-refractivity contribution < 1.29 is 15.3 Å². The minimum Gasteiger partial charge on any atom is -0.393 e. The van der Waals surface area contributed by atoms with E-state index in [1.807, 2.05) is 13.8 Å². The van der Waals surface area contributed by atoms with Gasteiger partial charge >= 0.3 is 0 Å². The number of aliphatic hydroxyl groups excluding tert-OH is 2. The Bertz CT molecular complexity index is 313. The normalized spacial score (nSPS) is 53.3. The molecule has 0 spiro atoms. The molecule has 2 aliphatic rings. The third-order valence-electron chi connectivity index (χ3n) is 5.72. The van der Waals surface area contributed by atoms with Crippen LogP contribution in [0.15, 0.2) is 0 Å². The molecule has 0 saturated heterocycles. The number of fused-ring (bicyclic) bond motifs is 1. The van der Waals surface area contributed by atoms with E-state index in [0.29, 0.717) is 18.8 Å². The van der Waals surface area contributed by atoms with Crippen molar-refractivity contribution in [1.29, 1.82) is 0 Å². The van der Waals surface area contributed by atoms with Crippen molar-refractivity contribution in [3.05, 3.63) is 0 Å². The molecule has 3 nitrogen and oxygen atoms in total. The summed E-state index contributed by atoms with van der Waals surface area (Å²) in [6, 6.07) is 0. The molecule has 0 aliphatic heterocycles. The van der Waals surface area contributed by atoms with Crippen molar-refractivity contribution in [2.75, 3.05) is 0 Å². The molecule has 0 aromatic carbocycles. The van der Waals surface area contributed by atoms with E-state index < -0.39 is 17.8 Å². The topological polar surface area (TPSA) is 60.7 Å². The second-order valence-electron chi connectivity index (χ2n) is 7.33. The minimum absolute atomic E-state index is 0.213. The molecule has 2 saturated carbocycles. The van der Waals surface area contributed by atoms with Crippen molar-refractivity contribution >= 4 is 0 Å². The molecule has 2 aliphatic carbocycles. The lowest BCUT2D eigenvalue weighted by molar-refractivity contribution is -0.219. The van der Waals surface area contributed by atoms with Gasteiger partial charge in [0.15, 0.2) is 0 Å². The third-order valence-corrected chi connectivity index (χ3v) is 5.72. The Kier molecular flexibility index (Phi) is 3.54. The summed E-state index contributed by atoms with van der Waals surface area (Å²) in [5.74, 6) is 0.439. The first-order valence-electron chi connectivity index (χ1n) is 7.28. The predicted octanol–water partition coefficient (Wildman–Crippen LogP) is 1.94. The van der Waals surface area contributed by atoms with Crippen LogP contribution in [0, 0.1) is 23.2 Å². The molecule has 106 valence electrons. The molecule has 6 atom stereocenters. The Labute approximate surface area is 110 Å². The fourth-order valence-electron chi connectivity index (χ4n) is 4.54. The van der Waals surface area contributed by atoms with Crippen LogP contribution in [-0.2, 0) is 0 Å². The van der Waals surface area contributed by atoms with Gasteiger partial charge in [0.25, 0.3) is 0 Å². The van der Waals surface area contributed by atoms with Gasteiger partial charge in [-0.05, 0) is 44.4 Å². The maximum Gasteiger partial charge on any atom is 0.0679 e. The van der Waals surface area contributed by atoms with E-state index in [2.05, 4.69) is 13.8 Å². The van der Waals surface area contributed by atoms with Gasteiger partial charge in [-0.15, -0.1) is 0 Å². The zero-order valence-electron chi connectivity index (χ0n) is 12.1. The lowest BCUT2D eigenvalue weighted by Gasteiger charge is -2.58. The molecule has 2 rings (SSSR count). The largest absolute Gasteiger partial charge is 0.393 e.